The highest BCUT2D eigenvalue weighted by Gasteiger charge is 2.23. The molecular formula is C17H27NO. The molecule has 2 unspecified atom stereocenters. The van der Waals surface area contributed by atoms with Gasteiger partial charge in [0.15, 0.2) is 0 Å². The minimum Gasteiger partial charge on any atom is -0.387 e. The zero-order valence-electron chi connectivity index (χ0n) is 12.5. The smallest absolute Gasteiger partial charge is 0.0917 e. The van der Waals surface area contributed by atoms with Crippen LogP contribution in [0.2, 0.25) is 0 Å². The van der Waals surface area contributed by atoms with Gasteiger partial charge in [-0.15, -0.1) is 0 Å². The molecule has 2 rings (SSSR count). The molecule has 2 nitrogen and oxygen atoms in total. The number of likely N-dealkylation sites (tertiary alicyclic amines) is 1. The Morgan fingerprint density at radius 2 is 1.89 bits per heavy atom. The van der Waals surface area contributed by atoms with Crippen molar-refractivity contribution in [1.82, 2.24) is 4.90 Å². The lowest BCUT2D eigenvalue weighted by atomic mass is 9.97. The average molecular weight is 261 g/mol. The van der Waals surface area contributed by atoms with Gasteiger partial charge in [-0.1, -0.05) is 42.7 Å². The molecule has 1 aliphatic heterocycles. The van der Waals surface area contributed by atoms with E-state index < -0.39 is 0 Å². The number of hydrogen-bond donors (Lipinski definition) is 1. The predicted octanol–water partition coefficient (Wildman–Crippen LogP) is 3.60. The van der Waals surface area contributed by atoms with Gasteiger partial charge in [0.05, 0.1) is 6.10 Å². The number of benzene rings is 1. The van der Waals surface area contributed by atoms with Crippen LogP contribution in [0.5, 0.6) is 0 Å². The highest BCUT2D eigenvalue weighted by atomic mass is 16.3. The lowest BCUT2D eigenvalue weighted by Crippen LogP contribution is -2.41. The van der Waals surface area contributed by atoms with E-state index in [0.717, 1.165) is 18.7 Å². The van der Waals surface area contributed by atoms with E-state index in [4.69, 9.17) is 0 Å². The first kappa shape index (κ1) is 14.5. The Kier molecular flexibility index (Phi) is 5.00. The van der Waals surface area contributed by atoms with Crippen LogP contribution in [0.4, 0.5) is 0 Å². The van der Waals surface area contributed by atoms with Gasteiger partial charge in [0.2, 0.25) is 0 Å². The summed E-state index contributed by atoms with van der Waals surface area (Å²) in [6.07, 6.45) is 4.74. The highest BCUT2D eigenvalue weighted by Crippen LogP contribution is 2.24. The van der Waals surface area contributed by atoms with Crippen molar-refractivity contribution in [3.8, 4) is 0 Å². The van der Waals surface area contributed by atoms with Crippen molar-refractivity contribution in [3.63, 3.8) is 0 Å². The van der Waals surface area contributed by atoms with Crippen LogP contribution < -0.4 is 0 Å². The Morgan fingerprint density at radius 3 is 2.53 bits per heavy atom. The molecule has 1 aliphatic rings. The lowest BCUT2D eigenvalue weighted by molar-refractivity contribution is 0.0656. The van der Waals surface area contributed by atoms with Crippen LogP contribution in [-0.2, 0) is 0 Å². The van der Waals surface area contributed by atoms with Crippen molar-refractivity contribution in [2.45, 2.75) is 58.6 Å². The number of piperidine rings is 1. The summed E-state index contributed by atoms with van der Waals surface area (Å²) in [6.45, 7) is 8.37. The van der Waals surface area contributed by atoms with Crippen LogP contribution in [0.25, 0.3) is 0 Å². The second-order valence-electron chi connectivity index (χ2n) is 5.99. The molecule has 0 aliphatic carbocycles. The summed E-state index contributed by atoms with van der Waals surface area (Å²) in [5, 5.41) is 10.5. The van der Waals surface area contributed by atoms with E-state index in [0.29, 0.717) is 6.04 Å². The summed E-state index contributed by atoms with van der Waals surface area (Å²) < 4.78 is 0. The zero-order valence-corrected chi connectivity index (χ0v) is 12.5. The Morgan fingerprint density at radius 1 is 1.21 bits per heavy atom. The van der Waals surface area contributed by atoms with Gasteiger partial charge in [-0.25, -0.2) is 0 Å². The van der Waals surface area contributed by atoms with E-state index in [2.05, 4.69) is 43.9 Å². The van der Waals surface area contributed by atoms with Crippen molar-refractivity contribution in [1.29, 1.82) is 0 Å². The Balaban J connectivity index is 2.04. The van der Waals surface area contributed by atoms with E-state index in [1.54, 1.807) is 0 Å². The van der Waals surface area contributed by atoms with Crippen LogP contribution in [0.1, 0.15) is 55.4 Å². The van der Waals surface area contributed by atoms with Crippen molar-refractivity contribution >= 4 is 0 Å². The molecule has 0 spiro atoms. The number of aliphatic hydroxyl groups excluding tert-OH is 1. The normalized spacial score (nSPS) is 22.4. The third-order valence-electron chi connectivity index (χ3n) is 4.26. The van der Waals surface area contributed by atoms with Crippen molar-refractivity contribution < 1.29 is 5.11 Å². The first-order valence-corrected chi connectivity index (χ1v) is 7.60. The van der Waals surface area contributed by atoms with E-state index in [1.165, 1.54) is 36.8 Å². The van der Waals surface area contributed by atoms with Crippen LogP contribution >= 0.6 is 0 Å². The molecule has 106 valence electrons. The SMILES string of the molecule is CCC1CCCCN1CC(O)c1cc(C)cc(C)c1. The molecule has 1 aromatic carbocycles. The molecule has 1 heterocycles. The molecule has 1 N–H and O–H groups in total. The van der Waals surface area contributed by atoms with Gasteiger partial charge in [-0.2, -0.15) is 0 Å². The zero-order chi connectivity index (χ0) is 13.8. The number of nitrogens with zero attached hydrogens (tertiary/aromatic N) is 1. The number of rotatable bonds is 4. The molecule has 2 atom stereocenters. The fraction of sp³-hybridized carbons (Fsp3) is 0.647. The van der Waals surface area contributed by atoms with Gasteiger partial charge in [0, 0.05) is 12.6 Å². The summed E-state index contributed by atoms with van der Waals surface area (Å²) >= 11 is 0. The molecule has 0 amide bonds. The van der Waals surface area contributed by atoms with Gasteiger partial charge in [0.1, 0.15) is 0 Å². The monoisotopic (exact) mass is 261 g/mol. The largest absolute Gasteiger partial charge is 0.387 e. The van der Waals surface area contributed by atoms with Crippen molar-refractivity contribution in [2.24, 2.45) is 0 Å². The predicted molar refractivity (Wildman–Crippen MR) is 80.4 cm³/mol. The molecular weight excluding hydrogens is 234 g/mol. The van der Waals surface area contributed by atoms with Crippen molar-refractivity contribution in [2.75, 3.05) is 13.1 Å². The van der Waals surface area contributed by atoms with Gasteiger partial charge in [0.25, 0.3) is 0 Å². The Bertz CT molecular complexity index is 395. The van der Waals surface area contributed by atoms with Gasteiger partial charge in [-0.3, -0.25) is 4.90 Å². The number of β-amino-alcohol motifs (C(OH)–C–C–N with tert-alkyl or cyclic N) is 1. The molecule has 1 saturated heterocycles. The molecule has 19 heavy (non-hydrogen) atoms. The molecule has 0 radical (unpaired) electrons. The molecule has 0 bridgehead atoms. The van der Waals surface area contributed by atoms with E-state index in [1.807, 2.05) is 0 Å². The fourth-order valence-corrected chi connectivity index (χ4v) is 3.29. The fourth-order valence-electron chi connectivity index (χ4n) is 3.29. The Hall–Kier alpha value is -0.860. The molecule has 0 saturated carbocycles. The summed E-state index contributed by atoms with van der Waals surface area (Å²) in [5.41, 5.74) is 3.54. The maximum Gasteiger partial charge on any atom is 0.0917 e. The van der Waals surface area contributed by atoms with Crippen LogP contribution in [0.15, 0.2) is 18.2 Å². The van der Waals surface area contributed by atoms with Crippen LogP contribution in [0, 0.1) is 13.8 Å². The van der Waals surface area contributed by atoms with Crippen LogP contribution in [0.3, 0.4) is 0 Å². The van der Waals surface area contributed by atoms with Crippen molar-refractivity contribution in [3.05, 3.63) is 34.9 Å². The summed E-state index contributed by atoms with van der Waals surface area (Å²) in [7, 11) is 0. The second kappa shape index (κ2) is 6.53. The second-order valence-corrected chi connectivity index (χ2v) is 5.99. The quantitative estimate of drug-likeness (QED) is 0.895. The molecule has 1 fully saturated rings. The average Bonchev–Trinajstić information content (AvgIpc) is 2.38. The third kappa shape index (κ3) is 3.80. The third-order valence-corrected chi connectivity index (χ3v) is 4.26. The summed E-state index contributed by atoms with van der Waals surface area (Å²) in [4.78, 5) is 2.48. The highest BCUT2D eigenvalue weighted by molar-refractivity contribution is 5.30. The molecule has 2 heteroatoms. The number of hydrogen-bond acceptors (Lipinski definition) is 2. The standard InChI is InChI=1S/C17H27NO/c1-4-16-7-5-6-8-18(16)12-17(19)15-10-13(2)9-14(3)11-15/h9-11,16-17,19H,4-8,12H2,1-3H3. The maximum absolute atomic E-state index is 10.5. The number of aryl methyl sites for hydroxylation is 2. The lowest BCUT2D eigenvalue weighted by Gasteiger charge is -2.36. The minimum atomic E-state index is -0.356. The topological polar surface area (TPSA) is 23.5 Å². The number of aliphatic hydroxyl groups is 1. The van der Waals surface area contributed by atoms with E-state index in [9.17, 15) is 5.11 Å². The van der Waals surface area contributed by atoms with Gasteiger partial charge in [-0.05, 0) is 45.2 Å². The molecule has 1 aromatic rings. The summed E-state index contributed by atoms with van der Waals surface area (Å²) in [6, 6.07) is 7.05. The minimum absolute atomic E-state index is 0.356. The van der Waals surface area contributed by atoms with E-state index >= 15 is 0 Å². The first-order chi connectivity index (χ1) is 9.10. The first-order valence-electron chi connectivity index (χ1n) is 7.60. The maximum atomic E-state index is 10.5. The van der Waals surface area contributed by atoms with E-state index in [-0.39, 0.29) is 6.10 Å². The Labute approximate surface area is 117 Å². The van der Waals surface area contributed by atoms with Gasteiger partial charge >= 0.3 is 0 Å². The summed E-state index contributed by atoms with van der Waals surface area (Å²) in [5.74, 6) is 0. The molecule has 0 aromatic heterocycles. The van der Waals surface area contributed by atoms with Gasteiger partial charge < -0.3 is 5.11 Å². The van der Waals surface area contributed by atoms with Crippen LogP contribution in [-0.4, -0.2) is 29.1 Å².